The van der Waals surface area contributed by atoms with Crippen molar-refractivity contribution in [3.8, 4) is 11.5 Å². The SMILES string of the molecule is COc1ccc(C(=C(C)c2ccccc2)c2ccc(OC)cc2)cc1. The highest BCUT2D eigenvalue weighted by molar-refractivity contribution is 5.97. The van der Waals surface area contributed by atoms with E-state index in [1.807, 2.05) is 30.3 Å². The Morgan fingerprint density at radius 1 is 0.560 bits per heavy atom. The van der Waals surface area contributed by atoms with Crippen LogP contribution in [0.3, 0.4) is 0 Å². The third-order valence-electron chi connectivity index (χ3n) is 4.34. The van der Waals surface area contributed by atoms with Crippen LogP contribution in [0, 0.1) is 0 Å². The van der Waals surface area contributed by atoms with Crippen molar-refractivity contribution in [3.05, 3.63) is 95.6 Å². The molecule has 0 saturated heterocycles. The summed E-state index contributed by atoms with van der Waals surface area (Å²) in [6.07, 6.45) is 0. The van der Waals surface area contributed by atoms with Gasteiger partial charge in [0, 0.05) is 0 Å². The van der Waals surface area contributed by atoms with Gasteiger partial charge in [0.2, 0.25) is 0 Å². The number of allylic oxidation sites excluding steroid dienone is 1. The van der Waals surface area contributed by atoms with E-state index in [1.54, 1.807) is 14.2 Å². The molecule has 0 heterocycles. The van der Waals surface area contributed by atoms with Crippen LogP contribution in [0.15, 0.2) is 78.9 Å². The van der Waals surface area contributed by atoms with Gasteiger partial charge >= 0.3 is 0 Å². The molecule has 3 aromatic carbocycles. The minimum absolute atomic E-state index is 0.857. The fraction of sp³-hybridized carbons (Fsp3) is 0.130. The van der Waals surface area contributed by atoms with E-state index >= 15 is 0 Å². The predicted molar refractivity (Wildman–Crippen MR) is 104 cm³/mol. The maximum absolute atomic E-state index is 5.30. The lowest BCUT2D eigenvalue weighted by Gasteiger charge is -2.15. The summed E-state index contributed by atoms with van der Waals surface area (Å²) >= 11 is 0. The fourth-order valence-corrected chi connectivity index (χ4v) is 2.95. The summed E-state index contributed by atoms with van der Waals surface area (Å²) in [6.45, 7) is 2.17. The van der Waals surface area contributed by atoms with Crippen LogP contribution in [0.5, 0.6) is 11.5 Å². The van der Waals surface area contributed by atoms with Gasteiger partial charge in [-0.3, -0.25) is 0 Å². The normalized spacial score (nSPS) is 10.2. The van der Waals surface area contributed by atoms with Gasteiger partial charge in [-0.1, -0.05) is 54.6 Å². The summed E-state index contributed by atoms with van der Waals surface area (Å²) in [6, 6.07) is 26.9. The fourth-order valence-electron chi connectivity index (χ4n) is 2.95. The number of hydrogen-bond donors (Lipinski definition) is 0. The molecule has 0 atom stereocenters. The van der Waals surface area contributed by atoms with Gasteiger partial charge in [-0.2, -0.15) is 0 Å². The lowest BCUT2D eigenvalue weighted by Crippen LogP contribution is -1.94. The van der Waals surface area contributed by atoms with Gasteiger partial charge in [0.1, 0.15) is 11.5 Å². The smallest absolute Gasteiger partial charge is 0.118 e. The number of hydrogen-bond acceptors (Lipinski definition) is 2. The van der Waals surface area contributed by atoms with Crippen LogP contribution in [-0.4, -0.2) is 14.2 Å². The number of rotatable bonds is 5. The van der Waals surface area contributed by atoms with Crippen LogP contribution < -0.4 is 9.47 Å². The van der Waals surface area contributed by atoms with Gasteiger partial charge in [0.05, 0.1) is 14.2 Å². The average molecular weight is 330 g/mol. The first kappa shape index (κ1) is 16.8. The zero-order valence-electron chi connectivity index (χ0n) is 14.8. The summed E-state index contributed by atoms with van der Waals surface area (Å²) in [5, 5.41) is 0. The van der Waals surface area contributed by atoms with Crippen LogP contribution in [0.1, 0.15) is 23.6 Å². The van der Waals surface area contributed by atoms with Crippen LogP contribution in [0.25, 0.3) is 11.1 Å². The molecule has 0 unspecified atom stereocenters. The second-order valence-corrected chi connectivity index (χ2v) is 5.82. The molecule has 2 nitrogen and oxygen atoms in total. The first-order valence-corrected chi connectivity index (χ1v) is 8.28. The lowest BCUT2D eigenvalue weighted by atomic mass is 9.90. The maximum Gasteiger partial charge on any atom is 0.118 e. The predicted octanol–water partition coefficient (Wildman–Crippen LogP) is 5.68. The summed E-state index contributed by atoms with van der Waals surface area (Å²) < 4.78 is 10.6. The van der Waals surface area contributed by atoms with E-state index in [-0.39, 0.29) is 0 Å². The van der Waals surface area contributed by atoms with Crippen molar-refractivity contribution >= 4 is 11.1 Å². The van der Waals surface area contributed by atoms with Crippen LogP contribution in [0.2, 0.25) is 0 Å². The molecule has 3 aromatic rings. The van der Waals surface area contributed by atoms with Gasteiger partial charge in [-0.05, 0) is 59.0 Å². The van der Waals surface area contributed by atoms with E-state index in [0.717, 1.165) is 22.6 Å². The standard InChI is InChI=1S/C23H22O2/c1-17(18-7-5-4-6-8-18)23(19-9-13-21(24-2)14-10-19)20-11-15-22(25-3)16-12-20/h4-16H,1-3H3. The molecule has 0 N–H and O–H groups in total. The molecule has 2 heteroatoms. The van der Waals surface area contributed by atoms with E-state index < -0.39 is 0 Å². The van der Waals surface area contributed by atoms with E-state index in [0.29, 0.717) is 0 Å². The Morgan fingerprint density at radius 3 is 1.40 bits per heavy atom. The quantitative estimate of drug-likeness (QED) is 0.560. The Hall–Kier alpha value is -3.00. The molecule has 126 valence electrons. The largest absolute Gasteiger partial charge is 0.497 e. The molecule has 0 amide bonds. The molecule has 0 aromatic heterocycles. The van der Waals surface area contributed by atoms with Crippen molar-refractivity contribution in [2.75, 3.05) is 14.2 Å². The summed E-state index contributed by atoms with van der Waals surface area (Å²) in [7, 11) is 3.37. The van der Waals surface area contributed by atoms with Gasteiger partial charge in [-0.25, -0.2) is 0 Å². The molecule has 3 rings (SSSR count). The van der Waals surface area contributed by atoms with E-state index in [4.69, 9.17) is 9.47 Å². The second-order valence-electron chi connectivity index (χ2n) is 5.82. The van der Waals surface area contributed by atoms with Crippen molar-refractivity contribution in [2.24, 2.45) is 0 Å². The summed E-state index contributed by atoms with van der Waals surface area (Å²) in [4.78, 5) is 0. The third-order valence-corrected chi connectivity index (χ3v) is 4.34. The molecule has 0 aliphatic heterocycles. The average Bonchev–Trinajstić information content (AvgIpc) is 2.70. The molecule has 0 bridgehead atoms. The highest BCUT2D eigenvalue weighted by Gasteiger charge is 2.11. The topological polar surface area (TPSA) is 18.5 Å². The zero-order valence-corrected chi connectivity index (χ0v) is 14.8. The summed E-state index contributed by atoms with van der Waals surface area (Å²) in [5.41, 5.74) is 5.97. The lowest BCUT2D eigenvalue weighted by molar-refractivity contribution is 0.414. The zero-order chi connectivity index (χ0) is 17.6. The number of methoxy groups -OCH3 is 2. The van der Waals surface area contributed by atoms with Gasteiger partial charge < -0.3 is 9.47 Å². The molecule has 0 aliphatic rings. The second kappa shape index (κ2) is 7.71. The third kappa shape index (κ3) is 3.74. The molecule has 25 heavy (non-hydrogen) atoms. The highest BCUT2D eigenvalue weighted by Crippen LogP contribution is 2.33. The molecule has 0 radical (unpaired) electrons. The Kier molecular flexibility index (Phi) is 5.20. The van der Waals surface area contributed by atoms with Crippen LogP contribution >= 0.6 is 0 Å². The van der Waals surface area contributed by atoms with Crippen molar-refractivity contribution in [1.29, 1.82) is 0 Å². The van der Waals surface area contributed by atoms with Crippen molar-refractivity contribution in [3.63, 3.8) is 0 Å². The molecule has 0 aliphatic carbocycles. The first-order valence-electron chi connectivity index (χ1n) is 8.28. The maximum atomic E-state index is 5.30. The van der Waals surface area contributed by atoms with Gasteiger partial charge in [-0.15, -0.1) is 0 Å². The minimum Gasteiger partial charge on any atom is -0.497 e. The summed E-state index contributed by atoms with van der Waals surface area (Å²) in [5.74, 6) is 1.71. The Bertz CT molecular complexity index is 795. The Labute approximate surface area is 149 Å². The monoisotopic (exact) mass is 330 g/mol. The van der Waals surface area contributed by atoms with Crippen LogP contribution in [0.4, 0.5) is 0 Å². The Morgan fingerprint density at radius 2 is 1.00 bits per heavy atom. The molecule has 0 fully saturated rings. The van der Waals surface area contributed by atoms with Crippen molar-refractivity contribution in [1.82, 2.24) is 0 Å². The first-order chi connectivity index (χ1) is 12.2. The van der Waals surface area contributed by atoms with Crippen molar-refractivity contribution in [2.45, 2.75) is 6.92 Å². The molecule has 0 spiro atoms. The minimum atomic E-state index is 0.857. The van der Waals surface area contributed by atoms with E-state index in [2.05, 4.69) is 55.5 Å². The number of ether oxygens (including phenoxy) is 2. The van der Waals surface area contributed by atoms with Gasteiger partial charge in [0.25, 0.3) is 0 Å². The van der Waals surface area contributed by atoms with Crippen molar-refractivity contribution < 1.29 is 9.47 Å². The van der Waals surface area contributed by atoms with Gasteiger partial charge in [0.15, 0.2) is 0 Å². The molecular formula is C23H22O2. The number of benzene rings is 3. The van der Waals surface area contributed by atoms with E-state index in [9.17, 15) is 0 Å². The molecule has 0 saturated carbocycles. The van der Waals surface area contributed by atoms with E-state index in [1.165, 1.54) is 16.7 Å². The Balaban J connectivity index is 2.16. The molecular weight excluding hydrogens is 308 g/mol. The highest BCUT2D eigenvalue weighted by atomic mass is 16.5. The van der Waals surface area contributed by atoms with Crippen LogP contribution in [-0.2, 0) is 0 Å².